The molecule has 5 heteroatoms. The Balaban J connectivity index is 2.72. The molecule has 0 fully saturated rings. The first kappa shape index (κ1) is 19.1. The SMILES string of the molecule is CC#Cc1c(I)c(CCCC)n(S(=O)(=O)c2ccc(C)cc2)c1C. The lowest BCUT2D eigenvalue weighted by molar-refractivity contribution is 0.582. The van der Waals surface area contributed by atoms with E-state index in [4.69, 9.17) is 0 Å². The van der Waals surface area contributed by atoms with E-state index in [1.165, 1.54) is 3.97 Å². The number of aryl methyl sites for hydroxylation is 1. The van der Waals surface area contributed by atoms with Gasteiger partial charge in [-0.1, -0.05) is 37.0 Å². The summed E-state index contributed by atoms with van der Waals surface area (Å²) in [4.78, 5) is 0.316. The van der Waals surface area contributed by atoms with Gasteiger partial charge in [0.1, 0.15) is 0 Å². The van der Waals surface area contributed by atoms with E-state index >= 15 is 0 Å². The smallest absolute Gasteiger partial charge is 0.241 e. The molecule has 24 heavy (non-hydrogen) atoms. The molecule has 0 spiro atoms. The monoisotopic (exact) mass is 455 g/mol. The Kier molecular flexibility index (Phi) is 6.16. The molecule has 128 valence electrons. The van der Waals surface area contributed by atoms with Crippen LogP contribution in [0.25, 0.3) is 0 Å². The lowest BCUT2D eigenvalue weighted by atomic mass is 10.2. The molecule has 1 aromatic heterocycles. The predicted molar refractivity (Wildman–Crippen MR) is 107 cm³/mol. The molecule has 2 aromatic rings. The summed E-state index contributed by atoms with van der Waals surface area (Å²) in [5, 5.41) is 0. The van der Waals surface area contributed by atoms with Gasteiger partial charge < -0.3 is 0 Å². The summed E-state index contributed by atoms with van der Waals surface area (Å²) in [5.41, 5.74) is 3.39. The first-order valence-electron chi connectivity index (χ1n) is 7.99. The number of hydrogen-bond donors (Lipinski definition) is 0. The van der Waals surface area contributed by atoms with Gasteiger partial charge in [-0.05, 0) is 68.3 Å². The summed E-state index contributed by atoms with van der Waals surface area (Å²) in [6.07, 6.45) is 2.69. The highest BCUT2D eigenvalue weighted by atomic mass is 127. The molecule has 1 heterocycles. The molecule has 0 saturated heterocycles. The van der Waals surface area contributed by atoms with E-state index in [2.05, 4.69) is 41.4 Å². The Hall–Kier alpha value is -1.26. The van der Waals surface area contributed by atoms with Crippen molar-refractivity contribution in [3.05, 3.63) is 50.4 Å². The van der Waals surface area contributed by atoms with E-state index in [-0.39, 0.29) is 0 Å². The van der Waals surface area contributed by atoms with Gasteiger partial charge in [0.2, 0.25) is 0 Å². The van der Waals surface area contributed by atoms with Crippen LogP contribution in [0, 0.1) is 29.3 Å². The molecular weight excluding hydrogens is 433 g/mol. The molecule has 0 aliphatic heterocycles. The summed E-state index contributed by atoms with van der Waals surface area (Å²) in [5.74, 6) is 5.97. The number of unbranched alkanes of at least 4 members (excludes halogenated alkanes) is 1. The number of aromatic nitrogens is 1. The predicted octanol–water partition coefficient (Wildman–Crippen LogP) is 4.66. The van der Waals surface area contributed by atoms with Crippen molar-refractivity contribution in [1.29, 1.82) is 0 Å². The second-order valence-corrected chi connectivity index (χ2v) is 8.65. The van der Waals surface area contributed by atoms with Gasteiger partial charge in [-0.3, -0.25) is 0 Å². The summed E-state index contributed by atoms with van der Waals surface area (Å²) in [6, 6.07) is 7.00. The summed E-state index contributed by atoms with van der Waals surface area (Å²) in [6.45, 7) is 7.66. The van der Waals surface area contributed by atoms with E-state index in [0.717, 1.165) is 39.7 Å². The Bertz CT molecular complexity index is 898. The van der Waals surface area contributed by atoms with Crippen molar-refractivity contribution in [2.24, 2.45) is 0 Å². The third-order valence-corrected chi connectivity index (χ3v) is 6.97. The number of hydrogen-bond acceptors (Lipinski definition) is 2. The van der Waals surface area contributed by atoms with Crippen LogP contribution in [0.5, 0.6) is 0 Å². The average Bonchev–Trinajstić information content (AvgIpc) is 2.78. The minimum Gasteiger partial charge on any atom is -0.241 e. The van der Waals surface area contributed by atoms with E-state index in [9.17, 15) is 8.42 Å². The fourth-order valence-electron chi connectivity index (χ4n) is 2.66. The highest BCUT2D eigenvalue weighted by Crippen LogP contribution is 2.29. The molecular formula is C19H22INO2S. The molecule has 0 amide bonds. The second-order valence-electron chi connectivity index (χ2n) is 5.78. The number of benzene rings is 1. The van der Waals surface area contributed by atoms with Gasteiger partial charge in [-0.15, -0.1) is 5.92 Å². The number of halogens is 1. The van der Waals surface area contributed by atoms with Gasteiger partial charge in [0.05, 0.1) is 14.0 Å². The molecule has 0 aliphatic carbocycles. The van der Waals surface area contributed by atoms with Crippen LogP contribution in [0.3, 0.4) is 0 Å². The van der Waals surface area contributed by atoms with Crippen LogP contribution in [0.4, 0.5) is 0 Å². The standard InChI is InChI=1S/C19H22INO2S/c1-5-7-9-18-19(20)17(8-6-2)15(4)21(18)24(22,23)16-12-10-14(3)11-13-16/h10-13H,5,7,9H2,1-4H3. The van der Waals surface area contributed by atoms with E-state index in [1.807, 2.05) is 26.0 Å². The topological polar surface area (TPSA) is 39.1 Å². The maximum Gasteiger partial charge on any atom is 0.268 e. The van der Waals surface area contributed by atoms with Crippen molar-refractivity contribution in [3.63, 3.8) is 0 Å². The van der Waals surface area contributed by atoms with Crippen molar-refractivity contribution in [2.45, 2.75) is 51.9 Å². The zero-order valence-corrected chi connectivity index (χ0v) is 17.5. The quantitative estimate of drug-likeness (QED) is 0.486. The lowest BCUT2D eigenvalue weighted by Crippen LogP contribution is -2.17. The van der Waals surface area contributed by atoms with Crippen molar-refractivity contribution >= 4 is 32.6 Å². The van der Waals surface area contributed by atoms with Crippen molar-refractivity contribution in [1.82, 2.24) is 3.97 Å². The minimum absolute atomic E-state index is 0.316. The molecule has 3 nitrogen and oxygen atoms in total. The third kappa shape index (κ3) is 3.55. The Labute approximate surface area is 158 Å². The molecule has 0 aliphatic rings. The summed E-state index contributed by atoms with van der Waals surface area (Å²) in [7, 11) is -3.62. The normalized spacial score (nSPS) is 11.2. The van der Waals surface area contributed by atoms with Crippen molar-refractivity contribution in [2.75, 3.05) is 0 Å². The Morgan fingerprint density at radius 2 is 1.79 bits per heavy atom. The molecule has 0 bridgehead atoms. The second kappa shape index (κ2) is 7.75. The van der Waals surface area contributed by atoms with Gasteiger partial charge in [0.15, 0.2) is 0 Å². The lowest BCUT2D eigenvalue weighted by Gasteiger charge is -2.13. The van der Waals surface area contributed by atoms with E-state index < -0.39 is 10.0 Å². The van der Waals surface area contributed by atoms with Crippen LogP contribution in [-0.4, -0.2) is 12.4 Å². The molecule has 0 unspecified atom stereocenters. The minimum atomic E-state index is -3.62. The number of nitrogens with zero attached hydrogens (tertiary/aromatic N) is 1. The van der Waals surface area contributed by atoms with Crippen LogP contribution in [0.2, 0.25) is 0 Å². The average molecular weight is 455 g/mol. The van der Waals surface area contributed by atoms with Crippen LogP contribution in [-0.2, 0) is 16.4 Å². The van der Waals surface area contributed by atoms with Gasteiger partial charge in [-0.2, -0.15) is 0 Å². The first-order chi connectivity index (χ1) is 11.3. The fourth-order valence-corrected chi connectivity index (χ4v) is 5.48. The zero-order valence-electron chi connectivity index (χ0n) is 14.5. The van der Waals surface area contributed by atoms with Gasteiger partial charge in [0.25, 0.3) is 10.0 Å². The molecule has 1 aromatic carbocycles. The summed E-state index contributed by atoms with van der Waals surface area (Å²) >= 11 is 2.23. The molecule has 2 rings (SSSR count). The van der Waals surface area contributed by atoms with Crippen molar-refractivity contribution in [3.8, 4) is 11.8 Å². The Morgan fingerprint density at radius 3 is 2.33 bits per heavy atom. The van der Waals surface area contributed by atoms with E-state index in [0.29, 0.717) is 10.6 Å². The van der Waals surface area contributed by atoms with Gasteiger partial charge in [0, 0.05) is 11.4 Å². The van der Waals surface area contributed by atoms with Crippen LogP contribution in [0.1, 0.15) is 49.2 Å². The fraction of sp³-hybridized carbons (Fsp3) is 0.368. The maximum atomic E-state index is 13.2. The van der Waals surface area contributed by atoms with Crippen LogP contribution >= 0.6 is 22.6 Å². The van der Waals surface area contributed by atoms with Crippen molar-refractivity contribution < 1.29 is 8.42 Å². The first-order valence-corrected chi connectivity index (χ1v) is 10.5. The molecule has 0 N–H and O–H groups in total. The molecule has 0 saturated carbocycles. The highest BCUT2D eigenvalue weighted by Gasteiger charge is 2.27. The largest absolute Gasteiger partial charge is 0.268 e. The highest BCUT2D eigenvalue weighted by molar-refractivity contribution is 14.1. The van der Waals surface area contributed by atoms with Crippen LogP contribution in [0.15, 0.2) is 29.2 Å². The summed E-state index contributed by atoms with van der Waals surface area (Å²) < 4.78 is 28.9. The molecule has 0 radical (unpaired) electrons. The third-order valence-electron chi connectivity index (χ3n) is 3.96. The van der Waals surface area contributed by atoms with Crippen LogP contribution < -0.4 is 0 Å². The van der Waals surface area contributed by atoms with Gasteiger partial charge in [-0.25, -0.2) is 12.4 Å². The Morgan fingerprint density at radius 1 is 1.17 bits per heavy atom. The van der Waals surface area contributed by atoms with E-state index in [1.54, 1.807) is 19.1 Å². The maximum absolute atomic E-state index is 13.2. The number of rotatable bonds is 5. The zero-order chi connectivity index (χ0) is 17.9. The van der Waals surface area contributed by atoms with Gasteiger partial charge >= 0.3 is 0 Å². The molecule has 0 atom stereocenters.